The summed E-state index contributed by atoms with van der Waals surface area (Å²) in [6.45, 7) is 9.93. The van der Waals surface area contributed by atoms with Crippen molar-refractivity contribution in [3.8, 4) is 28.4 Å². The molecule has 10 nitrogen and oxygen atoms in total. The Morgan fingerprint density at radius 1 is 1.16 bits per heavy atom. The van der Waals surface area contributed by atoms with Crippen LogP contribution in [0.5, 0.6) is 11.5 Å². The van der Waals surface area contributed by atoms with Gasteiger partial charge >= 0.3 is 5.69 Å². The van der Waals surface area contributed by atoms with Crippen molar-refractivity contribution in [2.24, 2.45) is 0 Å². The molecule has 44 heavy (non-hydrogen) atoms. The summed E-state index contributed by atoms with van der Waals surface area (Å²) in [7, 11) is 0. The molecule has 1 amide bonds. The molecule has 0 aliphatic carbocycles. The highest BCUT2D eigenvalue weighted by molar-refractivity contribution is 5.97. The normalized spacial score (nSPS) is 16.4. The lowest BCUT2D eigenvalue weighted by Crippen LogP contribution is -2.56. The molecule has 0 radical (unpaired) electrons. The van der Waals surface area contributed by atoms with Crippen LogP contribution in [0.4, 0.5) is 19.0 Å². The number of amides is 1. The number of pyridine rings is 2. The third-order valence-corrected chi connectivity index (χ3v) is 8.08. The molecule has 1 fully saturated rings. The average molecular weight is 607 g/mol. The second kappa shape index (κ2) is 11.0. The Kier molecular flexibility index (Phi) is 7.26. The summed E-state index contributed by atoms with van der Waals surface area (Å²) >= 11 is 0. The monoisotopic (exact) mass is 606 g/mol. The quantitative estimate of drug-likeness (QED) is 0.341. The highest BCUT2D eigenvalue weighted by atomic mass is 19.2. The van der Waals surface area contributed by atoms with E-state index in [4.69, 9.17) is 4.74 Å². The number of phenols is 1. The van der Waals surface area contributed by atoms with E-state index in [2.05, 4.69) is 21.5 Å². The molecule has 13 heteroatoms. The molecule has 0 spiro atoms. The number of carbonyl (C=O) groups is 1. The molecule has 1 atom stereocenters. The zero-order chi connectivity index (χ0) is 31.4. The van der Waals surface area contributed by atoms with E-state index in [1.807, 2.05) is 18.7 Å². The first-order valence-corrected chi connectivity index (χ1v) is 14.1. The second-order valence-electron chi connectivity index (χ2n) is 11.1. The largest absolute Gasteiger partial charge is 0.507 e. The maximum atomic E-state index is 16.5. The van der Waals surface area contributed by atoms with Gasteiger partial charge in [0.1, 0.15) is 22.6 Å². The van der Waals surface area contributed by atoms with Crippen LogP contribution in [0, 0.1) is 24.4 Å². The number of hydrogen-bond acceptors (Lipinski definition) is 8. The van der Waals surface area contributed by atoms with Crippen molar-refractivity contribution in [3.63, 3.8) is 0 Å². The number of piperazine rings is 1. The van der Waals surface area contributed by atoms with Crippen LogP contribution in [0.3, 0.4) is 0 Å². The molecule has 4 aromatic rings. The maximum absolute atomic E-state index is 16.5. The van der Waals surface area contributed by atoms with Gasteiger partial charge in [-0.05, 0) is 42.7 Å². The van der Waals surface area contributed by atoms with Crippen molar-refractivity contribution in [1.29, 1.82) is 0 Å². The molecular weight excluding hydrogens is 577 g/mol. The van der Waals surface area contributed by atoms with Crippen molar-refractivity contribution < 1.29 is 27.8 Å². The molecule has 1 aromatic carbocycles. The van der Waals surface area contributed by atoms with Crippen molar-refractivity contribution in [2.75, 3.05) is 31.1 Å². The van der Waals surface area contributed by atoms with Crippen LogP contribution in [0.15, 0.2) is 41.8 Å². The zero-order valence-electron chi connectivity index (χ0n) is 24.3. The lowest BCUT2D eigenvalue weighted by atomic mass is 10.0. The number of anilines is 1. The lowest BCUT2D eigenvalue weighted by Gasteiger charge is -2.43. The van der Waals surface area contributed by atoms with Gasteiger partial charge in [-0.3, -0.25) is 9.78 Å². The molecule has 1 saturated heterocycles. The summed E-state index contributed by atoms with van der Waals surface area (Å²) in [4.78, 5) is 43.2. The molecule has 6 rings (SSSR count). The number of aromatic nitrogens is 4. The van der Waals surface area contributed by atoms with Crippen LogP contribution >= 0.6 is 0 Å². The first-order valence-electron chi connectivity index (χ1n) is 14.1. The van der Waals surface area contributed by atoms with Gasteiger partial charge in [0.05, 0.1) is 29.6 Å². The van der Waals surface area contributed by atoms with Crippen molar-refractivity contribution >= 4 is 22.8 Å². The molecule has 2 aliphatic rings. The number of rotatable bonds is 4. The number of hydrogen-bond donors (Lipinski definition) is 1. The van der Waals surface area contributed by atoms with E-state index in [-0.39, 0.29) is 60.2 Å². The maximum Gasteiger partial charge on any atom is 0.355 e. The minimum Gasteiger partial charge on any atom is -0.507 e. The predicted molar refractivity (Wildman–Crippen MR) is 157 cm³/mol. The molecule has 2 aliphatic heterocycles. The third kappa shape index (κ3) is 4.54. The Morgan fingerprint density at radius 2 is 1.93 bits per heavy atom. The summed E-state index contributed by atoms with van der Waals surface area (Å²) in [5.41, 5.74) is -0.945. The van der Waals surface area contributed by atoms with E-state index in [0.29, 0.717) is 36.0 Å². The van der Waals surface area contributed by atoms with Crippen LogP contribution in [0.2, 0.25) is 0 Å². The second-order valence-corrected chi connectivity index (χ2v) is 11.1. The van der Waals surface area contributed by atoms with E-state index in [1.165, 1.54) is 10.6 Å². The van der Waals surface area contributed by atoms with Gasteiger partial charge in [0, 0.05) is 32.3 Å². The predicted octanol–water partition coefficient (Wildman–Crippen LogP) is 4.38. The van der Waals surface area contributed by atoms with Gasteiger partial charge in [-0.1, -0.05) is 20.4 Å². The molecule has 3 aromatic heterocycles. The summed E-state index contributed by atoms with van der Waals surface area (Å²) in [6.07, 6.45) is 3.15. The third-order valence-electron chi connectivity index (χ3n) is 8.08. The van der Waals surface area contributed by atoms with Gasteiger partial charge in [-0.25, -0.2) is 27.5 Å². The molecule has 0 saturated carbocycles. The number of aryl methyl sites for hydroxylation is 1. The van der Waals surface area contributed by atoms with Crippen molar-refractivity contribution in [3.05, 3.63) is 76.2 Å². The van der Waals surface area contributed by atoms with Crippen LogP contribution < -0.4 is 15.3 Å². The molecule has 228 valence electrons. The van der Waals surface area contributed by atoms with Crippen molar-refractivity contribution in [1.82, 2.24) is 24.4 Å². The van der Waals surface area contributed by atoms with Crippen LogP contribution in [0.25, 0.3) is 28.0 Å². The Hall–Kier alpha value is -4.94. The fourth-order valence-corrected chi connectivity index (χ4v) is 5.95. The number of halogens is 3. The first kappa shape index (κ1) is 29.1. The van der Waals surface area contributed by atoms with Gasteiger partial charge in [-0.2, -0.15) is 4.98 Å². The number of benzene rings is 1. The van der Waals surface area contributed by atoms with Gasteiger partial charge in [0.25, 0.3) is 0 Å². The van der Waals surface area contributed by atoms with Crippen LogP contribution in [-0.2, 0) is 4.79 Å². The zero-order valence-corrected chi connectivity index (χ0v) is 24.3. The smallest absolute Gasteiger partial charge is 0.355 e. The average Bonchev–Trinajstić information content (AvgIpc) is 2.99. The molecule has 1 unspecified atom stereocenters. The molecular formula is C31H29F3N6O4. The lowest BCUT2D eigenvalue weighted by molar-refractivity contribution is -0.126. The Balaban J connectivity index is 1.73. The summed E-state index contributed by atoms with van der Waals surface area (Å²) in [5.74, 6) is -5.44. The van der Waals surface area contributed by atoms with E-state index in [0.717, 1.165) is 6.07 Å². The number of nitrogens with zero attached hydrogens (tertiary/aromatic N) is 6. The van der Waals surface area contributed by atoms with Crippen LogP contribution in [0.1, 0.15) is 37.4 Å². The Morgan fingerprint density at radius 3 is 2.66 bits per heavy atom. The summed E-state index contributed by atoms with van der Waals surface area (Å²) in [6, 6.07) is 2.96. The SMILES string of the molecule is C=CC(=O)N1CCN2c3nc(=O)n(-c4c(C)ccnc4C(C)C)c4nc(-c5c(O)ccc(F)c5F)c(F)c(c34)OCCC2C1. The Labute approximate surface area is 250 Å². The van der Waals surface area contributed by atoms with Gasteiger partial charge in [-0.15, -0.1) is 0 Å². The fourth-order valence-electron chi connectivity index (χ4n) is 5.95. The van der Waals surface area contributed by atoms with Gasteiger partial charge < -0.3 is 19.6 Å². The minimum absolute atomic E-state index is 0.0217. The number of ether oxygens (including phenoxy) is 1. The minimum atomic E-state index is -1.51. The van der Waals surface area contributed by atoms with Gasteiger partial charge in [0.2, 0.25) is 5.91 Å². The number of carbonyl (C=O) groups excluding carboxylic acids is 1. The van der Waals surface area contributed by atoms with E-state index in [9.17, 15) is 19.1 Å². The van der Waals surface area contributed by atoms with E-state index < -0.39 is 40.1 Å². The highest BCUT2D eigenvalue weighted by Gasteiger charge is 2.37. The molecule has 5 heterocycles. The summed E-state index contributed by atoms with van der Waals surface area (Å²) < 4.78 is 53.2. The Bertz CT molecular complexity index is 1910. The fraction of sp³-hybridized carbons (Fsp3) is 0.323. The van der Waals surface area contributed by atoms with Crippen molar-refractivity contribution in [2.45, 2.75) is 39.2 Å². The number of phenolic OH excluding ortho intramolecular Hbond substituents is 1. The number of fused-ring (bicyclic) bond motifs is 2. The molecule has 1 N–H and O–H groups in total. The van der Waals surface area contributed by atoms with E-state index in [1.54, 1.807) is 24.1 Å². The highest BCUT2D eigenvalue weighted by Crippen LogP contribution is 2.44. The van der Waals surface area contributed by atoms with E-state index >= 15 is 8.78 Å². The van der Waals surface area contributed by atoms with Gasteiger partial charge in [0.15, 0.2) is 28.8 Å². The topological polar surface area (TPSA) is 114 Å². The molecule has 0 bridgehead atoms. The summed E-state index contributed by atoms with van der Waals surface area (Å²) in [5, 5.41) is 10.6. The van der Waals surface area contributed by atoms with Crippen LogP contribution in [-0.4, -0.2) is 67.7 Å². The first-order chi connectivity index (χ1) is 21.0. The standard InChI is InChI=1S/C31H29F3N6O4/c1-5-20(42)38-11-12-39-17(14-38)9-13-44-28-22-29(39)37-31(43)40(27-16(4)8-10-35-25(27)15(2)3)30(22)36-26(24(28)34)21-19(41)7-6-18(32)23(21)33/h5-8,10,15,17,41H,1,9,11-14H2,2-4H3. The number of aromatic hydroxyl groups is 1.